The molecule has 0 saturated carbocycles. The predicted molar refractivity (Wildman–Crippen MR) is 119 cm³/mol. The first-order valence-corrected chi connectivity index (χ1v) is 10.0. The van der Waals surface area contributed by atoms with Crippen LogP contribution in [0, 0.1) is 18.3 Å². The van der Waals surface area contributed by atoms with Crippen LogP contribution in [-0.4, -0.2) is 35.5 Å². The van der Waals surface area contributed by atoms with Gasteiger partial charge < -0.3 is 10.6 Å². The van der Waals surface area contributed by atoms with Crippen molar-refractivity contribution in [3.05, 3.63) is 77.1 Å². The van der Waals surface area contributed by atoms with Crippen LogP contribution in [0.3, 0.4) is 0 Å². The van der Waals surface area contributed by atoms with Crippen LogP contribution in [0.4, 0.5) is 5.82 Å². The van der Waals surface area contributed by atoms with Crippen LogP contribution in [0.1, 0.15) is 46.0 Å². The minimum Gasteiger partial charge on any atom is -0.383 e. The molecule has 0 aliphatic heterocycles. The normalized spacial score (nSPS) is 11.8. The van der Waals surface area contributed by atoms with Crippen LogP contribution >= 0.6 is 0 Å². The lowest BCUT2D eigenvalue weighted by molar-refractivity contribution is 0.0663. The lowest BCUT2D eigenvalue weighted by Gasteiger charge is -2.27. The summed E-state index contributed by atoms with van der Waals surface area (Å²) in [4.78, 5) is 28.3. The summed E-state index contributed by atoms with van der Waals surface area (Å²) in [6, 6.07) is 12.3. The van der Waals surface area contributed by atoms with E-state index in [0.29, 0.717) is 28.5 Å². The molecule has 1 atom stereocenters. The lowest BCUT2D eigenvalue weighted by Crippen LogP contribution is -2.34. The van der Waals surface area contributed by atoms with Crippen LogP contribution in [0.15, 0.2) is 48.9 Å². The molecule has 160 valence electrons. The van der Waals surface area contributed by atoms with Crippen LogP contribution in [-0.2, 0) is 13.6 Å². The Kier molecular flexibility index (Phi) is 5.52. The second kappa shape index (κ2) is 8.43. The van der Waals surface area contributed by atoms with Crippen molar-refractivity contribution in [2.45, 2.75) is 26.4 Å². The number of aryl methyl sites for hydroxylation is 2. The average Bonchev–Trinajstić information content (AvgIpc) is 3.23. The summed E-state index contributed by atoms with van der Waals surface area (Å²) in [5.74, 6) is 0.813. The molecule has 0 radical (unpaired) electrons. The number of nitrogen functional groups attached to an aromatic ring is 1. The Morgan fingerprint density at radius 3 is 2.72 bits per heavy atom. The van der Waals surface area contributed by atoms with Crippen molar-refractivity contribution in [3.8, 4) is 6.07 Å². The highest BCUT2D eigenvalue weighted by molar-refractivity contribution is 5.98. The van der Waals surface area contributed by atoms with E-state index >= 15 is 0 Å². The molecule has 3 aromatic heterocycles. The molecule has 0 spiro atoms. The highest BCUT2D eigenvalue weighted by Gasteiger charge is 2.26. The molecule has 1 unspecified atom stereocenters. The topological polar surface area (TPSA) is 127 Å². The average molecular weight is 426 g/mol. The van der Waals surface area contributed by atoms with E-state index < -0.39 is 6.04 Å². The molecular weight excluding hydrogens is 404 g/mol. The van der Waals surface area contributed by atoms with Crippen LogP contribution < -0.4 is 5.73 Å². The number of hydrogen-bond acceptors (Lipinski definition) is 7. The highest BCUT2D eigenvalue weighted by Crippen LogP contribution is 2.25. The number of carbonyl (C=O) groups excluding carboxylic acids is 1. The Labute approximate surface area is 185 Å². The van der Waals surface area contributed by atoms with E-state index in [1.54, 1.807) is 47.2 Å². The minimum absolute atomic E-state index is 0.188. The van der Waals surface area contributed by atoms with Gasteiger partial charge >= 0.3 is 0 Å². The van der Waals surface area contributed by atoms with Gasteiger partial charge in [0.05, 0.1) is 29.4 Å². The van der Waals surface area contributed by atoms with E-state index in [-0.39, 0.29) is 12.5 Å². The number of nitrogens with two attached hydrogens (primary N) is 1. The lowest BCUT2D eigenvalue weighted by atomic mass is 10.1. The quantitative estimate of drug-likeness (QED) is 0.520. The first kappa shape index (κ1) is 20.9. The van der Waals surface area contributed by atoms with Crippen molar-refractivity contribution in [2.75, 3.05) is 5.73 Å². The number of pyridine rings is 2. The van der Waals surface area contributed by atoms with E-state index in [4.69, 9.17) is 11.0 Å². The summed E-state index contributed by atoms with van der Waals surface area (Å²) in [5.41, 5.74) is 9.13. The SMILES string of the molecule is Cc1cc2cc(C(=O)N(Cc3ccc(C#N)cn3)C(C)c3ncn(C)n3)ccc2nc1N. The number of aromatic nitrogens is 5. The highest BCUT2D eigenvalue weighted by atomic mass is 16.2. The Morgan fingerprint density at radius 2 is 2.06 bits per heavy atom. The second-order valence-corrected chi connectivity index (χ2v) is 7.63. The fourth-order valence-electron chi connectivity index (χ4n) is 3.43. The number of rotatable bonds is 5. The number of fused-ring (bicyclic) bond motifs is 1. The van der Waals surface area contributed by atoms with E-state index in [9.17, 15) is 4.79 Å². The summed E-state index contributed by atoms with van der Waals surface area (Å²) >= 11 is 0. The van der Waals surface area contributed by atoms with Crippen molar-refractivity contribution in [3.63, 3.8) is 0 Å². The maximum atomic E-state index is 13.6. The van der Waals surface area contributed by atoms with Gasteiger partial charge in [-0.15, -0.1) is 0 Å². The fraction of sp³-hybridized carbons (Fsp3) is 0.217. The fourth-order valence-corrected chi connectivity index (χ4v) is 3.43. The molecule has 4 rings (SSSR count). The van der Waals surface area contributed by atoms with Crippen molar-refractivity contribution < 1.29 is 4.79 Å². The Balaban J connectivity index is 1.72. The van der Waals surface area contributed by atoms with Crippen molar-refractivity contribution in [1.82, 2.24) is 29.6 Å². The molecule has 32 heavy (non-hydrogen) atoms. The molecule has 1 amide bonds. The third-order valence-corrected chi connectivity index (χ3v) is 5.30. The monoisotopic (exact) mass is 426 g/mol. The van der Waals surface area contributed by atoms with Gasteiger partial charge in [-0.05, 0) is 55.8 Å². The zero-order chi connectivity index (χ0) is 22.8. The number of anilines is 1. The van der Waals surface area contributed by atoms with Crippen molar-refractivity contribution in [2.24, 2.45) is 7.05 Å². The Bertz CT molecular complexity index is 1340. The zero-order valence-electron chi connectivity index (χ0n) is 18.0. The summed E-state index contributed by atoms with van der Waals surface area (Å²) < 4.78 is 1.60. The standard InChI is InChI=1S/C23H22N8O/c1-14-8-18-9-17(5-7-20(18)28-21(14)25)23(32)31(15(2)22-27-13-30(3)29-22)12-19-6-4-16(10-24)11-26-19/h4-9,11,13,15H,12H2,1-3H3,(H2,25,28). The second-order valence-electron chi connectivity index (χ2n) is 7.63. The summed E-state index contributed by atoms with van der Waals surface area (Å²) in [5, 5.41) is 14.2. The van der Waals surface area contributed by atoms with Crippen molar-refractivity contribution in [1.29, 1.82) is 5.26 Å². The van der Waals surface area contributed by atoms with E-state index in [1.165, 1.54) is 6.20 Å². The number of amides is 1. The molecule has 4 aromatic rings. The summed E-state index contributed by atoms with van der Waals surface area (Å²) in [7, 11) is 1.78. The van der Waals surface area contributed by atoms with Gasteiger partial charge in [-0.25, -0.2) is 9.97 Å². The van der Waals surface area contributed by atoms with Gasteiger partial charge in [-0.2, -0.15) is 10.4 Å². The molecule has 0 aliphatic carbocycles. The van der Waals surface area contributed by atoms with Gasteiger partial charge in [0.2, 0.25) is 0 Å². The van der Waals surface area contributed by atoms with E-state index in [2.05, 4.69) is 26.1 Å². The zero-order valence-corrected chi connectivity index (χ0v) is 18.0. The first-order chi connectivity index (χ1) is 15.4. The molecule has 9 nitrogen and oxygen atoms in total. The summed E-state index contributed by atoms with van der Waals surface area (Å²) in [6.45, 7) is 4.00. The molecule has 3 heterocycles. The third kappa shape index (κ3) is 4.11. The van der Waals surface area contributed by atoms with E-state index in [1.807, 2.05) is 26.0 Å². The Hall–Kier alpha value is -4.32. The van der Waals surface area contributed by atoms with Gasteiger partial charge in [-0.3, -0.25) is 14.5 Å². The number of hydrogen-bond donors (Lipinski definition) is 1. The smallest absolute Gasteiger partial charge is 0.254 e. The molecule has 0 saturated heterocycles. The van der Waals surface area contributed by atoms with Crippen LogP contribution in [0.2, 0.25) is 0 Å². The van der Waals surface area contributed by atoms with Gasteiger partial charge in [0.25, 0.3) is 5.91 Å². The van der Waals surface area contributed by atoms with Gasteiger partial charge in [0, 0.05) is 24.2 Å². The first-order valence-electron chi connectivity index (χ1n) is 10.0. The van der Waals surface area contributed by atoms with Crippen molar-refractivity contribution >= 4 is 22.6 Å². The third-order valence-electron chi connectivity index (χ3n) is 5.30. The molecule has 2 N–H and O–H groups in total. The van der Waals surface area contributed by atoms with E-state index in [0.717, 1.165) is 16.5 Å². The predicted octanol–water partition coefficient (Wildman–Crippen LogP) is 2.92. The molecule has 0 aliphatic rings. The maximum Gasteiger partial charge on any atom is 0.254 e. The maximum absolute atomic E-state index is 13.6. The van der Waals surface area contributed by atoms with Gasteiger partial charge in [-0.1, -0.05) is 0 Å². The number of carbonyl (C=O) groups is 1. The molecule has 9 heteroatoms. The number of nitriles is 1. The Morgan fingerprint density at radius 1 is 1.25 bits per heavy atom. The van der Waals surface area contributed by atoms with Crippen LogP contribution in [0.5, 0.6) is 0 Å². The van der Waals surface area contributed by atoms with Crippen LogP contribution in [0.25, 0.3) is 10.9 Å². The van der Waals surface area contributed by atoms with Gasteiger partial charge in [0.15, 0.2) is 5.82 Å². The largest absolute Gasteiger partial charge is 0.383 e. The van der Waals surface area contributed by atoms with Gasteiger partial charge in [0.1, 0.15) is 18.2 Å². The number of nitrogens with zero attached hydrogens (tertiary/aromatic N) is 7. The molecule has 0 bridgehead atoms. The minimum atomic E-state index is -0.400. The molecular formula is C23H22N8O. The molecule has 0 fully saturated rings. The number of benzene rings is 1. The summed E-state index contributed by atoms with van der Waals surface area (Å²) in [6.07, 6.45) is 3.10. The molecule has 1 aromatic carbocycles.